The van der Waals surface area contributed by atoms with Crippen LogP contribution in [0, 0.1) is 6.92 Å². The molecule has 1 aliphatic carbocycles. The van der Waals surface area contributed by atoms with E-state index in [9.17, 15) is 8.42 Å². The first kappa shape index (κ1) is 17.1. The molecule has 0 atom stereocenters. The zero-order valence-corrected chi connectivity index (χ0v) is 15.3. The highest BCUT2D eigenvalue weighted by atomic mass is 35.5. The Labute approximate surface area is 147 Å². The van der Waals surface area contributed by atoms with Crippen LogP contribution in [-0.4, -0.2) is 15.5 Å². The zero-order valence-electron chi connectivity index (χ0n) is 13.7. The van der Waals surface area contributed by atoms with Gasteiger partial charge in [0, 0.05) is 5.02 Å². The van der Waals surface area contributed by atoms with Crippen LogP contribution in [0.5, 0.6) is 5.75 Å². The summed E-state index contributed by atoms with van der Waals surface area (Å²) in [4.78, 5) is 0.171. The maximum Gasteiger partial charge on any atom is 0.265 e. The van der Waals surface area contributed by atoms with E-state index in [2.05, 4.69) is 4.72 Å². The topological polar surface area (TPSA) is 55.4 Å². The van der Waals surface area contributed by atoms with Gasteiger partial charge in [-0.1, -0.05) is 17.7 Å². The van der Waals surface area contributed by atoms with Gasteiger partial charge in [-0.25, -0.2) is 8.42 Å². The molecule has 1 N–H and O–H groups in total. The molecular formula is C18H20ClNO3S. The van der Waals surface area contributed by atoms with Crippen molar-refractivity contribution in [1.29, 1.82) is 0 Å². The Bertz CT molecular complexity index is 878. The summed E-state index contributed by atoms with van der Waals surface area (Å²) in [5.74, 6) is 0.378. The van der Waals surface area contributed by atoms with Gasteiger partial charge in [-0.2, -0.15) is 0 Å². The SMILES string of the molecule is COc1cc2c(cc1S(=O)(=O)Nc1cc(Cl)ccc1C)CCCC2. The van der Waals surface area contributed by atoms with Gasteiger partial charge in [0.05, 0.1) is 12.8 Å². The molecule has 6 heteroatoms. The fourth-order valence-corrected chi connectivity index (χ4v) is 4.51. The molecule has 0 saturated heterocycles. The van der Waals surface area contributed by atoms with Crippen molar-refractivity contribution in [2.75, 3.05) is 11.8 Å². The van der Waals surface area contributed by atoms with Gasteiger partial charge in [0.1, 0.15) is 10.6 Å². The van der Waals surface area contributed by atoms with Crippen molar-refractivity contribution in [3.8, 4) is 5.75 Å². The van der Waals surface area contributed by atoms with E-state index in [4.69, 9.17) is 16.3 Å². The van der Waals surface area contributed by atoms with Crippen LogP contribution in [0.2, 0.25) is 5.02 Å². The number of rotatable bonds is 4. The molecule has 2 aromatic carbocycles. The fraction of sp³-hybridized carbons (Fsp3) is 0.333. The van der Waals surface area contributed by atoms with Crippen LogP contribution in [0.15, 0.2) is 35.2 Å². The van der Waals surface area contributed by atoms with Gasteiger partial charge in [0.2, 0.25) is 0 Å². The van der Waals surface area contributed by atoms with Crippen molar-refractivity contribution in [2.24, 2.45) is 0 Å². The van der Waals surface area contributed by atoms with E-state index in [1.807, 2.05) is 13.0 Å². The number of halogens is 1. The molecule has 0 fully saturated rings. The second-order valence-electron chi connectivity index (χ2n) is 6.04. The predicted octanol–water partition coefficient (Wildman–Crippen LogP) is 4.34. The molecule has 3 rings (SSSR count). The van der Waals surface area contributed by atoms with Gasteiger partial charge in [0.25, 0.3) is 10.0 Å². The fourth-order valence-electron chi connectivity index (χ4n) is 3.01. The van der Waals surface area contributed by atoms with E-state index in [0.29, 0.717) is 16.5 Å². The summed E-state index contributed by atoms with van der Waals surface area (Å²) < 4.78 is 33.8. The summed E-state index contributed by atoms with van der Waals surface area (Å²) in [5.41, 5.74) is 3.54. The standard InChI is InChI=1S/C18H20ClNO3S/c1-12-7-8-15(19)11-16(12)20-24(21,22)18-10-14-6-4-3-5-13(14)9-17(18)23-2/h7-11,20H,3-6H2,1-2H3. The van der Waals surface area contributed by atoms with Crippen LogP contribution in [0.3, 0.4) is 0 Å². The number of benzene rings is 2. The molecule has 0 amide bonds. The largest absolute Gasteiger partial charge is 0.495 e. The highest BCUT2D eigenvalue weighted by Gasteiger charge is 2.24. The third kappa shape index (κ3) is 3.37. The molecule has 0 bridgehead atoms. The Morgan fingerprint density at radius 2 is 1.75 bits per heavy atom. The van der Waals surface area contributed by atoms with Gasteiger partial charge in [-0.3, -0.25) is 4.72 Å². The summed E-state index contributed by atoms with van der Waals surface area (Å²) >= 11 is 5.99. The average Bonchev–Trinajstić information content (AvgIpc) is 2.56. The van der Waals surface area contributed by atoms with Gasteiger partial charge < -0.3 is 4.74 Å². The van der Waals surface area contributed by atoms with Crippen molar-refractivity contribution in [2.45, 2.75) is 37.5 Å². The highest BCUT2D eigenvalue weighted by molar-refractivity contribution is 7.92. The molecule has 4 nitrogen and oxygen atoms in total. The molecule has 0 radical (unpaired) electrons. The molecule has 0 aromatic heterocycles. The van der Waals surface area contributed by atoms with Gasteiger partial charge >= 0.3 is 0 Å². The van der Waals surface area contributed by atoms with E-state index in [1.165, 1.54) is 12.7 Å². The molecule has 1 aliphatic rings. The number of ether oxygens (including phenoxy) is 1. The smallest absolute Gasteiger partial charge is 0.265 e. The van der Waals surface area contributed by atoms with Crippen LogP contribution >= 0.6 is 11.6 Å². The van der Waals surface area contributed by atoms with Crippen molar-refractivity contribution >= 4 is 27.3 Å². The molecular weight excluding hydrogens is 346 g/mol. The van der Waals surface area contributed by atoms with E-state index in [-0.39, 0.29) is 4.90 Å². The Hall–Kier alpha value is -1.72. The second kappa shape index (κ2) is 6.65. The van der Waals surface area contributed by atoms with Crippen LogP contribution < -0.4 is 9.46 Å². The molecule has 0 saturated carbocycles. The van der Waals surface area contributed by atoms with Gasteiger partial charge in [-0.05, 0) is 73.6 Å². The maximum atomic E-state index is 12.9. The Morgan fingerprint density at radius 3 is 2.42 bits per heavy atom. The minimum absolute atomic E-state index is 0.171. The molecule has 2 aromatic rings. The van der Waals surface area contributed by atoms with Gasteiger partial charge in [0.15, 0.2) is 0 Å². The number of sulfonamides is 1. The molecule has 24 heavy (non-hydrogen) atoms. The minimum atomic E-state index is -3.76. The molecule has 128 valence electrons. The molecule has 0 unspecified atom stereocenters. The molecule has 0 heterocycles. The quantitative estimate of drug-likeness (QED) is 0.876. The Balaban J connectivity index is 2.04. The van der Waals surface area contributed by atoms with Crippen molar-refractivity contribution in [3.05, 3.63) is 52.0 Å². The normalized spacial score (nSPS) is 14.1. The zero-order chi connectivity index (χ0) is 17.3. The molecule has 0 spiro atoms. The summed E-state index contributed by atoms with van der Waals surface area (Å²) in [6, 6.07) is 8.72. The van der Waals surface area contributed by atoms with Crippen LogP contribution in [-0.2, 0) is 22.9 Å². The second-order valence-corrected chi connectivity index (χ2v) is 8.13. The number of nitrogens with one attached hydrogen (secondary N) is 1. The third-order valence-electron chi connectivity index (χ3n) is 4.36. The summed E-state index contributed by atoms with van der Waals surface area (Å²) in [6.45, 7) is 1.83. The third-order valence-corrected chi connectivity index (χ3v) is 5.98. The van der Waals surface area contributed by atoms with Crippen molar-refractivity contribution in [1.82, 2.24) is 0 Å². The number of methoxy groups -OCH3 is 1. The van der Waals surface area contributed by atoms with E-state index < -0.39 is 10.0 Å². The Morgan fingerprint density at radius 1 is 1.08 bits per heavy atom. The van der Waals surface area contributed by atoms with Crippen LogP contribution in [0.4, 0.5) is 5.69 Å². The first-order chi connectivity index (χ1) is 11.4. The first-order valence-electron chi connectivity index (χ1n) is 7.89. The predicted molar refractivity (Wildman–Crippen MR) is 96.6 cm³/mol. The lowest BCUT2D eigenvalue weighted by molar-refractivity contribution is 0.401. The lowest BCUT2D eigenvalue weighted by Gasteiger charge is -2.20. The summed E-state index contributed by atoms with van der Waals surface area (Å²) in [5, 5.41) is 0.482. The number of anilines is 1. The van der Waals surface area contributed by atoms with Gasteiger partial charge in [-0.15, -0.1) is 0 Å². The van der Waals surface area contributed by atoms with Crippen molar-refractivity contribution < 1.29 is 13.2 Å². The van der Waals surface area contributed by atoms with Crippen LogP contribution in [0.25, 0.3) is 0 Å². The van der Waals surface area contributed by atoms with E-state index in [0.717, 1.165) is 36.8 Å². The first-order valence-corrected chi connectivity index (χ1v) is 9.75. The lowest BCUT2D eigenvalue weighted by Crippen LogP contribution is -2.16. The van der Waals surface area contributed by atoms with Crippen LogP contribution in [0.1, 0.15) is 29.5 Å². The molecule has 0 aliphatic heterocycles. The summed E-state index contributed by atoms with van der Waals surface area (Å²) in [7, 11) is -2.27. The minimum Gasteiger partial charge on any atom is -0.495 e. The monoisotopic (exact) mass is 365 g/mol. The number of hydrogen-bond donors (Lipinski definition) is 1. The lowest BCUT2D eigenvalue weighted by atomic mass is 9.92. The number of aryl methyl sites for hydroxylation is 3. The van der Waals surface area contributed by atoms with E-state index >= 15 is 0 Å². The van der Waals surface area contributed by atoms with Crippen molar-refractivity contribution in [3.63, 3.8) is 0 Å². The summed E-state index contributed by atoms with van der Waals surface area (Å²) in [6.07, 6.45) is 4.08. The highest BCUT2D eigenvalue weighted by Crippen LogP contribution is 2.33. The number of hydrogen-bond acceptors (Lipinski definition) is 3. The van der Waals surface area contributed by atoms with E-state index in [1.54, 1.807) is 24.3 Å². The number of fused-ring (bicyclic) bond motifs is 1. The maximum absolute atomic E-state index is 12.9. The Kier molecular flexibility index (Phi) is 4.74. The average molecular weight is 366 g/mol.